The van der Waals surface area contributed by atoms with Crippen molar-refractivity contribution in [2.24, 2.45) is 5.92 Å². The summed E-state index contributed by atoms with van der Waals surface area (Å²) < 4.78 is 0. The molecule has 2 rings (SSSR count). The molecule has 0 aromatic carbocycles. The lowest BCUT2D eigenvalue weighted by Crippen LogP contribution is -2.40. The summed E-state index contributed by atoms with van der Waals surface area (Å²) >= 11 is 0. The van der Waals surface area contributed by atoms with Crippen LogP contribution in [-0.2, 0) is 6.54 Å². The van der Waals surface area contributed by atoms with Gasteiger partial charge in [-0.1, -0.05) is 6.92 Å². The van der Waals surface area contributed by atoms with E-state index in [9.17, 15) is 4.79 Å². The van der Waals surface area contributed by atoms with Crippen molar-refractivity contribution < 1.29 is 9.90 Å². The third-order valence-corrected chi connectivity index (χ3v) is 3.65. The zero-order valence-corrected chi connectivity index (χ0v) is 10.8. The highest BCUT2D eigenvalue weighted by Crippen LogP contribution is 2.23. The van der Waals surface area contributed by atoms with Gasteiger partial charge < -0.3 is 5.11 Å². The van der Waals surface area contributed by atoms with Gasteiger partial charge >= 0.3 is 5.97 Å². The van der Waals surface area contributed by atoms with Crippen LogP contribution < -0.4 is 0 Å². The Kier molecular flexibility index (Phi) is 3.91. The van der Waals surface area contributed by atoms with E-state index in [4.69, 9.17) is 5.11 Å². The molecule has 2 heterocycles. The molecule has 18 heavy (non-hydrogen) atoms. The summed E-state index contributed by atoms with van der Waals surface area (Å²) in [5.41, 5.74) is 0.822. The van der Waals surface area contributed by atoms with Crippen molar-refractivity contribution in [2.45, 2.75) is 39.3 Å². The van der Waals surface area contributed by atoms with Crippen molar-refractivity contribution in [3.05, 3.63) is 23.8 Å². The average molecular weight is 249 g/mol. The lowest BCUT2D eigenvalue weighted by molar-refractivity contribution is 0.0689. The third-order valence-electron chi connectivity index (χ3n) is 3.65. The zero-order chi connectivity index (χ0) is 13.1. The number of nitrogens with zero attached hydrogens (tertiary/aromatic N) is 3. The first-order valence-corrected chi connectivity index (χ1v) is 6.34. The number of likely N-dealkylation sites (tertiary alicyclic amines) is 1. The molecule has 1 N–H and O–H groups in total. The minimum atomic E-state index is -0.955. The Balaban J connectivity index is 2.12. The van der Waals surface area contributed by atoms with Crippen LogP contribution in [-0.4, -0.2) is 38.5 Å². The van der Waals surface area contributed by atoms with Gasteiger partial charge in [-0.25, -0.2) is 14.8 Å². The van der Waals surface area contributed by atoms with Gasteiger partial charge in [-0.15, -0.1) is 0 Å². The summed E-state index contributed by atoms with van der Waals surface area (Å²) in [6, 6.07) is 0.477. The summed E-state index contributed by atoms with van der Waals surface area (Å²) in [5, 5.41) is 9.10. The van der Waals surface area contributed by atoms with E-state index < -0.39 is 5.97 Å². The predicted molar refractivity (Wildman–Crippen MR) is 67.3 cm³/mol. The van der Waals surface area contributed by atoms with E-state index in [2.05, 4.69) is 28.7 Å². The summed E-state index contributed by atoms with van der Waals surface area (Å²) in [5.74, 6) is -0.204. The molecule has 1 aromatic rings. The maximum atomic E-state index is 11.1. The van der Waals surface area contributed by atoms with Gasteiger partial charge in [0.2, 0.25) is 0 Å². The molecule has 5 heteroatoms. The highest BCUT2D eigenvalue weighted by molar-refractivity contribution is 5.88. The van der Waals surface area contributed by atoms with E-state index in [-0.39, 0.29) is 5.56 Å². The molecule has 1 aliphatic rings. The quantitative estimate of drug-likeness (QED) is 0.884. The molecule has 1 aromatic heterocycles. The summed E-state index contributed by atoms with van der Waals surface area (Å²) in [7, 11) is 0. The molecule has 0 spiro atoms. The van der Waals surface area contributed by atoms with E-state index in [1.807, 2.05) is 0 Å². The molecule has 5 nitrogen and oxygen atoms in total. The van der Waals surface area contributed by atoms with E-state index >= 15 is 0 Å². The van der Waals surface area contributed by atoms with Gasteiger partial charge in [0.25, 0.3) is 0 Å². The smallest absolute Gasteiger partial charge is 0.339 e. The van der Waals surface area contributed by atoms with Crippen LogP contribution in [0.4, 0.5) is 0 Å². The molecule has 2 unspecified atom stereocenters. The number of piperidine rings is 1. The molecule has 2 atom stereocenters. The van der Waals surface area contributed by atoms with Gasteiger partial charge in [0.1, 0.15) is 11.9 Å². The fraction of sp³-hybridized carbons (Fsp3) is 0.615. The number of carboxylic acid groups (broad SMARTS) is 1. The minimum Gasteiger partial charge on any atom is -0.478 e. The molecule has 0 radical (unpaired) electrons. The Labute approximate surface area is 107 Å². The Morgan fingerprint density at radius 3 is 3.00 bits per heavy atom. The average Bonchev–Trinajstić information content (AvgIpc) is 2.33. The topological polar surface area (TPSA) is 66.3 Å². The van der Waals surface area contributed by atoms with E-state index in [1.54, 1.807) is 0 Å². The molecule has 0 saturated carbocycles. The number of aromatic carboxylic acids is 1. The molecule has 1 saturated heterocycles. The number of hydrogen-bond acceptors (Lipinski definition) is 4. The third kappa shape index (κ3) is 2.85. The second-order valence-electron chi connectivity index (χ2n) is 5.14. The Bertz CT molecular complexity index is 436. The highest BCUT2D eigenvalue weighted by Gasteiger charge is 2.24. The van der Waals surface area contributed by atoms with Gasteiger partial charge in [0.15, 0.2) is 0 Å². The molecule has 0 amide bonds. The van der Waals surface area contributed by atoms with E-state index in [0.29, 0.717) is 18.3 Å². The van der Waals surface area contributed by atoms with Crippen molar-refractivity contribution in [3.63, 3.8) is 0 Å². The molecule has 0 aliphatic carbocycles. The first-order valence-electron chi connectivity index (χ1n) is 6.34. The summed E-state index contributed by atoms with van der Waals surface area (Å²) in [6.45, 7) is 6.06. The van der Waals surface area contributed by atoms with Crippen LogP contribution in [0.15, 0.2) is 12.5 Å². The van der Waals surface area contributed by atoms with Crippen LogP contribution in [0.2, 0.25) is 0 Å². The molecule has 0 bridgehead atoms. The summed E-state index contributed by atoms with van der Waals surface area (Å²) in [4.78, 5) is 21.3. The van der Waals surface area contributed by atoms with Crippen LogP contribution in [0.3, 0.4) is 0 Å². The normalized spacial score (nSPS) is 25.0. The van der Waals surface area contributed by atoms with Crippen LogP contribution in [0.25, 0.3) is 0 Å². The van der Waals surface area contributed by atoms with Gasteiger partial charge in [-0.05, 0) is 32.2 Å². The first-order chi connectivity index (χ1) is 8.58. The van der Waals surface area contributed by atoms with E-state index in [0.717, 1.165) is 25.3 Å². The van der Waals surface area contributed by atoms with Crippen molar-refractivity contribution in [2.75, 3.05) is 6.54 Å². The van der Waals surface area contributed by atoms with Gasteiger partial charge in [0, 0.05) is 18.8 Å². The number of rotatable bonds is 3. The lowest BCUT2D eigenvalue weighted by Gasteiger charge is -2.36. The first kappa shape index (κ1) is 13.0. The van der Waals surface area contributed by atoms with Gasteiger partial charge in [0.05, 0.1) is 5.69 Å². The lowest BCUT2D eigenvalue weighted by atomic mass is 9.93. The van der Waals surface area contributed by atoms with Gasteiger partial charge in [-0.3, -0.25) is 4.90 Å². The molecule has 1 fully saturated rings. The largest absolute Gasteiger partial charge is 0.478 e. The maximum Gasteiger partial charge on any atom is 0.339 e. The number of aromatic nitrogens is 2. The Hall–Kier alpha value is -1.49. The fourth-order valence-electron chi connectivity index (χ4n) is 2.54. The number of carboxylic acids is 1. The highest BCUT2D eigenvalue weighted by atomic mass is 16.4. The Morgan fingerprint density at radius 1 is 1.56 bits per heavy atom. The predicted octanol–water partition coefficient (Wildman–Crippen LogP) is 1.80. The van der Waals surface area contributed by atoms with Crippen molar-refractivity contribution in [1.29, 1.82) is 0 Å². The van der Waals surface area contributed by atoms with Crippen LogP contribution in [0, 0.1) is 5.92 Å². The standard InChI is InChI=1S/C13H19N3O2/c1-9-3-4-16(10(2)5-9)7-12-11(13(17)18)6-14-8-15-12/h6,8-10H,3-5,7H2,1-2H3,(H,17,18). The van der Waals surface area contributed by atoms with Gasteiger partial charge in [-0.2, -0.15) is 0 Å². The molecule has 1 aliphatic heterocycles. The minimum absolute atomic E-state index is 0.211. The SMILES string of the molecule is CC1CCN(Cc2ncncc2C(=O)O)C(C)C1. The maximum absolute atomic E-state index is 11.1. The van der Waals surface area contributed by atoms with Crippen LogP contribution in [0.5, 0.6) is 0 Å². The second kappa shape index (κ2) is 5.44. The fourth-order valence-corrected chi connectivity index (χ4v) is 2.54. The van der Waals surface area contributed by atoms with Crippen molar-refractivity contribution in [3.8, 4) is 0 Å². The second-order valence-corrected chi connectivity index (χ2v) is 5.14. The van der Waals surface area contributed by atoms with E-state index in [1.165, 1.54) is 12.5 Å². The van der Waals surface area contributed by atoms with Crippen LogP contribution >= 0.6 is 0 Å². The van der Waals surface area contributed by atoms with Crippen LogP contribution in [0.1, 0.15) is 42.7 Å². The van der Waals surface area contributed by atoms with Crippen molar-refractivity contribution >= 4 is 5.97 Å². The number of hydrogen-bond donors (Lipinski definition) is 1. The Morgan fingerprint density at radius 2 is 2.33 bits per heavy atom. The monoisotopic (exact) mass is 249 g/mol. The van der Waals surface area contributed by atoms with Crippen molar-refractivity contribution in [1.82, 2.24) is 14.9 Å². The summed E-state index contributed by atoms with van der Waals surface area (Å²) in [6.07, 6.45) is 5.12. The zero-order valence-electron chi connectivity index (χ0n) is 10.8. The molecular weight excluding hydrogens is 230 g/mol. The number of carbonyl (C=O) groups is 1. The molecule has 98 valence electrons. The molecular formula is C13H19N3O2.